The molecule has 10 heteroatoms. The van der Waals surface area contributed by atoms with Crippen LogP contribution in [0.15, 0.2) is 0 Å². The highest BCUT2D eigenvalue weighted by atomic mass is 32.1. The van der Waals surface area contributed by atoms with Gasteiger partial charge in [-0.1, -0.05) is 11.3 Å². The fourth-order valence-electron chi connectivity index (χ4n) is 0.719. The summed E-state index contributed by atoms with van der Waals surface area (Å²) in [5, 5.41) is 7.68. The molecular weight excluding hydrogens is 249 g/mol. The molecule has 1 heterocycles. The van der Waals surface area contributed by atoms with Gasteiger partial charge in [-0.05, 0) is 0 Å². The Hall–Kier alpha value is -1.58. The lowest BCUT2D eigenvalue weighted by atomic mass is 10.7. The average molecular weight is 256 g/mol. The van der Waals surface area contributed by atoms with E-state index in [2.05, 4.69) is 26.0 Å². The molecule has 1 rings (SSSR count). The van der Waals surface area contributed by atoms with Gasteiger partial charge in [0, 0.05) is 0 Å². The normalized spacial score (nSPS) is 11.2. The molecule has 0 radical (unpaired) electrons. The number of amides is 1. The highest BCUT2D eigenvalue weighted by Gasteiger charge is 2.35. The van der Waals surface area contributed by atoms with E-state index in [1.165, 1.54) is 0 Å². The summed E-state index contributed by atoms with van der Waals surface area (Å²) in [5.74, 6) is 0. The van der Waals surface area contributed by atoms with Crippen molar-refractivity contribution in [3.8, 4) is 0 Å². The third kappa shape index (κ3) is 3.88. The Morgan fingerprint density at radius 3 is 2.69 bits per heavy atom. The molecule has 0 saturated carbocycles. The Labute approximate surface area is 91.6 Å². The Kier molecular flexibility index (Phi) is 3.88. The van der Waals surface area contributed by atoms with Crippen molar-refractivity contribution >= 4 is 22.6 Å². The van der Waals surface area contributed by atoms with E-state index >= 15 is 0 Å². The summed E-state index contributed by atoms with van der Waals surface area (Å²) in [6.45, 7) is 0.0473. The predicted octanol–water partition coefficient (Wildman–Crippen LogP) is 1.06. The average Bonchev–Trinajstić information content (AvgIpc) is 2.59. The molecule has 1 aromatic rings. The van der Waals surface area contributed by atoms with Crippen molar-refractivity contribution in [1.82, 2.24) is 10.2 Å². The van der Waals surface area contributed by atoms with Gasteiger partial charge in [0.25, 0.3) is 0 Å². The van der Waals surface area contributed by atoms with Crippen LogP contribution < -0.4 is 11.1 Å². The Bertz CT molecular complexity index is 367. The molecule has 0 aliphatic rings. The number of alkyl halides is 3. The number of carbonyl (C=O) groups is 1. The number of hydrogen-bond donors (Lipinski definition) is 2. The molecule has 16 heavy (non-hydrogen) atoms. The van der Waals surface area contributed by atoms with E-state index in [0.29, 0.717) is 11.3 Å². The molecule has 0 fully saturated rings. The Morgan fingerprint density at radius 1 is 1.50 bits per heavy atom. The summed E-state index contributed by atoms with van der Waals surface area (Å²) < 4.78 is 40.6. The standard InChI is InChI=1S/C6H7F3N4O2S/c7-6(8,9)3-12-13-5(16-3)11-1-2-15-4(10)14/h1-2H2,(H2,10,14)(H,11,13). The predicted molar refractivity (Wildman–Crippen MR) is 48.9 cm³/mol. The van der Waals surface area contributed by atoms with Crippen molar-refractivity contribution in [3.05, 3.63) is 5.01 Å². The number of aromatic nitrogens is 2. The number of nitrogens with two attached hydrogens (primary N) is 1. The molecule has 6 nitrogen and oxygen atoms in total. The van der Waals surface area contributed by atoms with E-state index in [4.69, 9.17) is 0 Å². The molecule has 0 spiro atoms. The Morgan fingerprint density at radius 2 is 2.19 bits per heavy atom. The van der Waals surface area contributed by atoms with Crippen molar-refractivity contribution in [1.29, 1.82) is 0 Å². The largest absolute Gasteiger partial charge is 0.448 e. The van der Waals surface area contributed by atoms with Crippen LogP contribution in [-0.4, -0.2) is 29.4 Å². The van der Waals surface area contributed by atoms with Crippen molar-refractivity contribution in [3.63, 3.8) is 0 Å². The molecule has 1 aromatic heterocycles. The second kappa shape index (κ2) is 4.96. The zero-order valence-corrected chi connectivity index (χ0v) is 8.56. The highest BCUT2D eigenvalue weighted by molar-refractivity contribution is 7.15. The summed E-state index contributed by atoms with van der Waals surface area (Å²) in [6, 6.07) is 0. The van der Waals surface area contributed by atoms with Crippen LogP contribution in [0.4, 0.5) is 23.1 Å². The fourth-order valence-corrected chi connectivity index (χ4v) is 1.36. The van der Waals surface area contributed by atoms with E-state index in [0.717, 1.165) is 0 Å². The van der Waals surface area contributed by atoms with Gasteiger partial charge in [0.15, 0.2) is 0 Å². The van der Waals surface area contributed by atoms with Crippen molar-refractivity contribution in [2.24, 2.45) is 5.73 Å². The summed E-state index contributed by atoms with van der Waals surface area (Å²) in [4.78, 5) is 10.1. The molecule has 90 valence electrons. The molecule has 3 N–H and O–H groups in total. The third-order valence-electron chi connectivity index (χ3n) is 1.29. The number of nitrogens with zero attached hydrogens (tertiary/aromatic N) is 2. The van der Waals surface area contributed by atoms with Crippen molar-refractivity contribution in [2.45, 2.75) is 6.18 Å². The number of primary amides is 1. The van der Waals surface area contributed by atoms with E-state index in [-0.39, 0.29) is 18.3 Å². The summed E-state index contributed by atoms with van der Waals surface area (Å²) in [7, 11) is 0. The van der Waals surface area contributed by atoms with Crippen LogP contribution in [0.25, 0.3) is 0 Å². The second-order valence-corrected chi connectivity index (χ2v) is 3.48. The van der Waals surface area contributed by atoms with Crippen LogP contribution in [0.2, 0.25) is 0 Å². The van der Waals surface area contributed by atoms with E-state index < -0.39 is 17.3 Å². The van der Waals surface area contributed by atoms with Crippen LogP contribution >= 0.6 is 11.3 Å². The quantitative estimate of drug-likeness (QED) is 0.786. The third-order valence-corrected chi connectivity index (χ3v) is 2.22. The number of carbonyl (C=O) groups excluding carboxylic acids is 1. The molecule has 0 saturated heterocycles. The first-order valence-electron chi connectivity index (χ1n) is 3.96. The maximum absolute atomic E-state index is 12.1. The van der Waals surface area contributed by atoms with E-state index in [9.17, 15) is 18.0 Å². The summed E-state index contributed by atoms with van der Waals surface area (Å²) in [6.07, 6.45) is -5.45. The molecule has 0 aliphatic carbocycles. The highest BCUT2D eigenvalue weighted by Crippen LogP contribution is 2.32. The van der Waals surface area contributed by atoms with Crippen LogP contribution in [0.5, 0.6) is 0 Å². The molecule has 0 aromatic carbocycles. The van der Waals surface area contributed by atoms with Crippen LogP contribution in [0, 0.1) is 0 Å². The second-order valence-electron chi connectivity index (χ2n) is 2.50. The Balaban J connectivity index is 2.38. The van der Waals surface area contributed by atoms with Crippen molar-refractivity contribution < 1.29 is 22.7 Å². The van der Waals surface area contributed by atoms with Crippen LogP contribution in [0.3, 0.4) is 0 Å². The number of halogens is 3. The van der Waals surface area contributed by atoms with Gasteiger partial charge in [-0.15, -0.1) is 10.2 Å². The SMILES string of the molecule is NC(=O)OCCNc1nnc(C(F)(F)F)s1. The molecule has 0 bridgehead atoms. The smallest absolute Gasteiger partial charge is 0.445 e. The van der Waals surface area contributed by atoms with Crippen LogP contribution in [0.1, 0.15) is 5.01 Å². The lowest BCUT2D eigenvalue weighted by Crippen LogP contribution is -2.18. The molecule has 0 atom stereocenters. The maximum atomic E-state index is 12.1. The van der Waals surface area contributed by atoms with Gasteiger partial charge < -0.3 is 15.8 Å². The first-order chi connectivity index (χ1) is 7.39. The lowest BCUT2D eigenvalue weighted by Gasteiger charge is -2.01. The van der Waals surface area contributed by atoms with Crippen LogP contribution in [-0.2, 0) is 10.9 Å². The minimum Gasteiger partial charge on any atom is -0.448 e. The molecule has 1 amide bonds. The van der Waals surface area contributed by atoms with Gasteiger partial charge in [-0.2, -0.15) is 13.2 Å². The first kappa shape index (κ1) is 12.5. The maximum Gasteiger partial charge on any atom is 0.445 e. The van der Waals surface area contributed by atoms with Gasteiger partial charge >= 0.3 is 12.3 Å². The first-order valence-corrected chi connectivity index (χ1v) is 4.78. The van der Waals surface area contributed by atoms with Gasteiger partial charge in [0.1, 0.15) is 6.61 Å². The number of anilines is 1. The van der Waals surface area contributed by atoms with Gasteiger partial charge in [0.2, 0.25) is 10.1 Å². The van der Waals surface area contributed by atoms with Gasteiger partial charge in [0.05, 0.1) is 6.54 Å². The van der Waals surface area contributed by atoms with Gasteiger partial charge in [-0.25, -0.2) is 4.79 Å². The monoisotopic (exact) mass is 256 g/mol. The fraction of sp³-hybridized carbons (Fsp3) is 0.500. The zero-order chi connectivity index (χ0) is 12.2. The van der Waals surface area contributed by atoms with E-state index in [1.54, 1.807) is 0 Å². The minimum atomic E-state index is -4.50. The van der Waals surface area contributed by atoms with Crippen molar-refractivity contribution in [2.75, 3.05) is 18.5 Å². The minimum absolute atomic E-state index is 0.000366. The summed E-state index contributed by atoms with van der Waals surface area (Å²) in [5.41, 5.74) is 4.67. The number of ether oxygens (including phenoxy) is 1. The number of hydrogen-bond acceptors (Lipinski definition) is 6. The lowest BCUT2D eigenvalue weighted by molar-refractivity contribution is -0.138. The zero-order valence-electron chi connectivity index (χ0n) is 7.74. The topological polar surface area (TPSA) is 90.1 Å². The van der Waals surface area contributed by atoms with E-state index in [1.807, 2.05) is 0 Å². The molecule has 0 unspecified atom stereocenters. The molecular formula is C6H7F3N4O2S. The van der Waals surface area contributed by atoms with Gasteiger partial charge in [-0.3, -0.25) is 0 Å². The molecule has 0 aliphatic heterocycles. The number of rotatable bonds is 4. The summed E-state index contributed by atoms with van der Waals surface area (Å²) >= 11 is 0.369. The number of nitrogens with one attached hydrogen (secondary N) is 1.